The lowest BCUT2D eigenvalue weighted by molar-refractivity contribution is 1.13. The number of rotatable bonds is 4. The first-order valence-corrected chi connectivity index (χ1v) is 8.43. The molecule has 1 unspecified atom stereocenters. The summed E-state index contributed by atoms with van der Waals surface area (Å²) in [5, 5.41) is 2.77. The fourth-order valence-electron chi connectivity index (χ4n) is 2.46. The van der Waals surface area contributed by atoms with Crippen molar-refractivity contribution < 1.29 is 0 Å². The van der Waals surface area contributed by atoms with Gasteiger partial charge in [-0.1, -0.05) is 75.3 Å². The summed E-state index contributed by atoms with van der Waals surface area (Å²) >= 11 is 0. The van der Waals surface area contributed by atoms with E-state index >= 15 is 0 Å². The lowest BCUT2D eigenvalue weighted by Crippen LogP contribution is -2.08. The molecule has 3 aromatic carbocycles. The first kappa shape index (κ1) is 14.8. The Morgan fingerprint density at radius 2 is 1.32 bits per heavy atom. The van der Waals surface area contributed by atoms with Crippen LogP contribution in [-0.4, -0.2) is 14.1 Å². The number of anilines is 1. The van der Waals surface area contributed by atoms with E-state index in [0.717, 1.165) is 0 Å². The molecule has 2 heteroatoms. The number of hydrogen-bond acceptors (Lipinski definition) is 1. The van der Waals surface area contributed by atoms with Gasteiger partial charge in [-0.2, -0.15) is 0 Å². The smallest absolute Gasteiger partial charge is 0.0361 e. The van der Waals surface area contributed by atoms with Crippen LogP contribution in [0.3, 0.4) is 0 Å². The largest absolute Gasteiger partial charge is 0.378 e. The molecule has 3 rings (SSSR count). The van der Waals surface area contributed by atoms with Crippen LogP contribution in [0.15, 0.2) is 78.9 Å². The van der Waals surface area contributed by atoms with E-state index in [1.807, 2.05) is 0 Å². The van der Waals surface area contributed by atoms with Gasteiger partial charge in [0.15, 0.2) is 0 Å². The minimum absolute atomic E-state index is 0.683. The van der Waals surface area contributed by atoms with Crippen LogP contribution in [0.1, 0.15) is 0 Å². The Hall–Kier alpha value is -2.11. The Balaban J connectivity index is 1.94. The molecular weight excluding hydrogens is 285 g/mol. The lowest BCUT2D eigenvalue weighted by atomic mass is 10.1. The minimum atomic E-state index is 0.683. The van der Waals surface area contributed by atoms with Crippen molar-refractivity contribution in [3.8, 4) is 11.1 Å². The first-order chi connectivity index (χ1) is 10.7. The van der Waals surface area contributed by atoms with Gasteiger partial charge < -0.3 is 4.90 Å². The number of benzene rings is 3. The molecular formula is C20H20NP. The van der Waals surface area contributed by atoms with Crippen molar-refractivity contribution in [2.45, 2.75) is 0 Å². The molecule has 0 N–H and O–H groups in total. The van der Waals surface area contributed by atoms with Gasteiger partial charge in [0, 0.05) is 19.8 Å². The van der Waals surface area contributed by atoms with Crippen molar-refractivity contribution in [3.05, 3.63) is 78.9 Å². The van der Waals surface area contributed by atoms with Crippen molar-refractivity contribution in [2.75, 3.05) is 19.0 Å². The van der Waals surface area contributed by atoms with E-state index in [1.54, 1.807) is 0 Å². The third kappa shape index (κ3) is 3.37. The second-order valence-electron chi connectivity index (χ2n) is 5.48. The van der Waals surface area contributed by atoms with Gasteiger partial charge in [-0.25, -0.2) is 0 Å². The van der Waals surface area contributed by atoms with Gasteiger partial charge in [0.25, 0.3) is 0 Å². The fourth-order valence-corrected chi connectivity index (χ4v) is 3.67. The maximum atomic E-state index is 2.24. The van der Waals surface area contributed by atoms with E-state index < -0.39 is 0 Å². The summed E-state index contributed by atoms with van der Waals surface area (Å²) in [6.45, 7) is 0. The maximum Gasteiger partial charge on any atom is 0.0361 e. The predicted molar refractivity (Wildman–Crippen MR) is 100 cm³/mol. The van der Waals surface area contributed by atoms with Gasteiger partial charge in [-0.05, 0) is 33.9 Å². The molecule has 1 atom stereocenters. The van der Waals surface area contributed by atoms with Crippen LogP contribution in [0.25, 0.3) is 11.1 Å². The number of nitrogens with zero attached hydrogens (tertiary/aromatic N) is 1. The first-order valence-electron chi connectivity index (χ1n) is 7.43. The zero-order valence-electron chi connectivity index (χ0n) is 13.0. The molecule has 1 nitrogen and oxygen atoms in total. The molecule has 0 aliphatic rings. The molecule has 3 aromatic rings. The summed E-state index contributed by atoms with van der Waals surface area (Å²) in [4.78, 5) is 2.13. The van der Waals surface area contributed by atoms with Crippen molar-refractivity contribution in [1.82, 2.24) is 0 Å². The summed E-state index contributed by atoms with van der Waals surface area (Å²) in [5.74, 6) is 0. The van der Waals surface area contributed by atoms with Crippen LogP contribution in [0.4, 0.5) is 5.69 Å². The summed E-state index contributed by atoms with van der Waals surface area (Å²) in [5.41, 5.74) is 3.84. The quantitative estimate of drug-likeness (QED) is 0.657. The Kier molecular flexibility index (Phi) is 4.56. The molecule has 22 heavy (non-hydrogen) atoms. The molecule has 110 valence electrons. The van der Waals surface area contributed by atoms with Crippen LogP contribution < -0.4 is 15.5 Å². The van der Waals surface area contributed by atoms with Gasteiger partial charge in [0.05, 0.1) is 0 Å². The van der Waals surface area contributed by atoms with Gasteiger partial charge >= 0.3 is 0 Å². The zero-order valence-corrected chi connectivity index (χ0v) is 14.0. The standard InChI is InChI=1S/C20H20NP/c1-21(2)17-14-12-16(13-15-17)19-10-6-7-11-20(19)22-18-8-4-3-5-9-18/h3-15,22H,1-2H3. The van der Waals surface area contributed by atoms with E-state index in [2.05, 4.69) is 97.9 Å². The highest BCUT2D eigenvalue weighted by molar-refractivity contribution is 7.55. The molecule has 0 heterocycles. The minimum Gasteiger partial charge on any atom is -0.378 e. The summed E-state index contributed by atoms with van der Waals surface area (Å²) in [6, 6.07) is 28.2. The topological polar surface area (TPSA) is 3.24 Å². The third-order valence-electron chi connectivity index (χ3n) is 3.67. The van der Waals surface area contributed by atoms with E-state index in [1.165, 1.54) is 27.4 Å². The Morgan fingerprint density at radius 3 is 2.00 bits per heavy atom. The SMILES string of the molecule is CN(C)c1ccc(-c2ccccc2Pc2ccccc2)cc1. The molecule has 0 spiro atoms. The van der Waals surface area contributed by atoms with Crippen molar-refractivity contribution in [3.63, 3.8) is 0 Å². The van der Waals surface area contributed by atoms with E-state index in [0.29, 0.717) is 8.58 Å². The highest BCUT2D eigenvalue weighted by Gasteiger charge is 2.06. The van der Waals surface area contributed by atoms with Gasteiger partial charge in [-0.3, -0.25) is 0 Å². The van der Waals surface area contributed by atoms with Crippen LogP contribution in [0, 0.1) is 0 Å². The predicted octanol–water partition coefficient (Wildman–Crippen LogP) is 4.05. The normalized spacial score (nSPS) is 11.0. The Morgan fingerprint density at radius 1 is 0.682 bits per heavy atom. The number of hydrogen-bond donors (Lipinski definition) is 0. The van der Waals surface area contributed by atoms with E-state index in [4.69, 9.17) is 0 Å². The van der Waals surface area contributed by atoms with Crippen LogP contribution in [0.2, 0.25) is 0 Å². The molecule has 0 aliphatic heterocycles. The maximum absolute atomic E-state index is 2.24. The molecule has 0 bridgehead atoms. The highest BCUT2D eigenvalue weighted by atomic mass is 31.1. The molecule has 0 fully saturated rings. The molecule has 0 saturated carbocycles. The van der Waals surface area contributed by atoms with Gasteiger partial charge in [0.1, 0.15) is 0 Å². The van der Waals surface area contributed by atoms with Crippen LogP contribution in [0.5, 0.6) is 0 Å². The summed E-state index contributed by atoms with van der Waals surface area (Å²) in [6.07, 6.45) is 0. The Labute approximate surface area is 134 Å². The van der Waals surface area contributed by atoms with Crippen molar-refractivity contribution in [2.24, 2.45) is 0 Å². The zero-order chi connectivity index (χ0) is 15.4. The average Bonchev–Trinajstić information content (AvgIpc) is 2.56. The second kappa shape index (κ2) is 6.77. The van der Waals surface area contributed by atoms with Crippen molar-refractivity contribution >= 4 is 24.9 Å². The average molecular weight is 305 g/mol. The molecule has 0 saturated heterocycles. The van der Waals surface area contributed by atoms with E-state index in [9.17, 15) is 0 Å². The van der Waals surface area contributed by atoms with Gasteiger partial charge in [-0.15, -0.1) is 0 Å². The molecule has 0 aliphatic carbocycles. The third-order valence-corrected chi connectivity index (χ3v) is 5.00. The lowest BCUT2D eigenvalue weighted by Gasteiger charge is -2.14. The monoisotopic (exact) mass is 305 g/mol. The van der Waals surface area contributed by atoms with Crippen molar-refractivity contribution in [1.29, 1.82) is 0 Å². The Bertz CT molecular complexity index is 733. The molecule has 0 aromatic heterocycles. The molecule has 0 amide bonds. The van der Waals surface area contributed by atoms with E-state index in [-0.39, 0.29) is 0 Å². The van der Waals surface area contributed by atoms with Crippen LogP contribution >= 0.6 is 8.58 Å². The van der Waals surface area contributed by atoms with Crippen LogP contribution in [-0.2, 0) is 0 Å². The highest BCUT2D eigenvalue weighted by Crippen LogP contribution is 2.25. The second-order valence-corrected chi connectivity index (χ2v) is 6.84. The molecule has 0 radical (unpaired) electrons. The fraction of sp³-hybridized carbons (Fsp3) is 0.100. The summed E-state index contributed by atoms with van der Waals surface area (Å²) in [7, 11) is 4.82. The van der Waals surface area contributed by atoms with Gasteiger partial charge in [0.2, 0.25) is 0 Å². The summed E-state index contributed by atoms with van der Waals surface area (Å²) < 4.78 is 0.